The molecule has 0 aliphatic heterocycles. The van der Waals surface area contributed by atoms with Gasteiger partial charge in [-0.05, 0) is 0 Å². The average molecular weight is 277 g/mol. The number of rotatable bonds is 2. The molecule has 1 heterocycles. The summed E-state index contributed by atoms with van der Waals surface area (Å²) in [5, 5.41) is 2.53. The molecule has 10 heteroatoms. The van der Waals surface area contributed by atoms with Gasteiger partial charge in [0.2, 0.25) is 10.1 Å². The lowest BCUT2D eigenvalue weighted by molar-refractivity contribution is -0.141. The van der Waals surface area contributed by atoms with Crippen molar-refractivity contribution < 1.29 is 17.4 Å². The van der Waals surface area contributed by atoms with Gasteiger partial charge in [0.05, 0.1) is 0 Å². The van der Waals surface area contributed by atoms with Gasteiger partial charge in [-0.1, -0.05) is 11.6 Å². The van der Waals surface area contributed by atoms with Crippen LogP contribution in [0, 0.1) is 4.78 Å². The van der Waals surface area contributed by atoms with Gasteiger partial charge in [0.25, 0.3) is 0 Å². The third-order valence-corrected chi connectivity index (χ3v) is 3.76. The number of hydrogen-bond donors (Lipinski definition) is 1. The molecule has 1 unspecified atom stereocenters. The highest BCUT2D eigenvalue weighted by Gasteiger charge is 2.36. The van der Waals surface area contributed by atoms with Crippen LogP contribution >= 0.6 is 11.6 Å². The number of alkyl halides is 3. The predicted octanol–water partition coefficient (Wildman–Crippen LogP) is 1.84. The Morgan fingerprint density at radius 3 is 2.38 bits per heavy atom. The van der Waals surface area contributed by atoms with Gasteiger partial charge in [0.1, 0.15) is 5.15 Å². The van der Waals surface area contributed by atoms with Crippen LogP contribution in [0.1, 0.15) is 5.69 Å². The molecule has 0 aliphatic carbocycles. The van der Waals surface area contributed by atoms with E-state index in [-0.39, 0.29) is 0 Å². The number of nitrogens with zero attached hydrogens (tertiary/aromatic N) is 3. The minimum absolute atomic E-state index is 0.345. The van der Waals surface area contributed by atoms with Crippen molar-refractivity contribution in [3.63, 3.8) is 0 Å². The zero-order chi connectivity index (χ0) is 12.7. The van der Waals surface area contributed by atoms with E-state index in [0.29, 0.717) is 10.2 Å². The summed E-state index contributed by atoms with van der Waals surface area (Å²) >= 11 is 5.45. The van der Waals surface area contributed by atoms with Gasteiger partial charge in [-0.2, -0.15) is 18.3 Å². The van der Waals surface area contributed by atoms with Gasteiger partial charge in [0.15, 0.2) is 5.69 Å². The fraction of sp³-hybridized carbons (Fsp3) is 0.500. The summed E-state index contributed by atoms with van der Waals surface area (Å²) in [6.45, 7) is 0. The molecule has 0 spiro atoms. The van der Waals surface area contributed by atoms with E-state index >= 15 is 0 Å². The van der Waals surface area contributed by atoms with E-state index in [9.17, 15) is 17.4 Å². The lowest BCUT2D eigenvalue weighted by atomic mass is 10.4. The van der Waals surface area contributed by atoms with Crippen LogP contribution in [0.3, 0.4) is 0 Å². The van der Waals surface area contributed by atoms with Crippen LogP contribution in [0.2, 0.25) is 5.15 Å². The summed E-state index contributed by atoms with van der Waals surface area (Å²) in [5.74, 6) is 0. The van der Waals surface area contributed by atoms with Crippen molar-refractivity contribution in [2.24, 2.45) is 0 Å². The first-order chi connectivity index (χ1) is 7.06. The second kappa shape index (κ2) is 3.90. The maximum atomic E-state index is 12.3. The normalized spacial score (nSPS) is 16.4. The van der Waals surface area contributed by atoms with Crippen LogP contribution in [-0.2, 0) is 16.3 Å². The molecule has 0 radical (unpaired) electrons. The van der Waals surface area contributed by atoms with Crippen molar-refractivity contribution in [3.8, 4) is 0 Å². The molecule has 1 aromatic rings. The molecule has 1 N–H and O–H groups in total. The van der Waals surface area contributed by atoms with Crippen molar-refractivity contribution in [1.29, 1.82) is 4.78 Å². The standard InChI is InChI=1S/C6H8ClF3N4OS/c1-13(2)16(11,15)14-5(7)3-4(12-14)6(8,9)10/h3,11H,1-2H3. The van der Waals surface area contributed by atoms with E-state index in [2.05, 4.69) is 5.10 Å². The molecule has 0 bridgehead atoms. The van der Waals surface area contributed by atoms with Crippen LogP contribution in [0.15, 0.2) is 6.07 Å². The first-order valence-electron chi connectivity index (χ1n) is 3.86. The van der Waals surface area contributed by atoms with Gasteiger partial charge in [-0.15, -0.1) is 4.09 Å². The topological polar surface area (TPSA) is 62.0 Å². The molecule has 0 amide bonds. The SMILES string of the molecule is CN(C)S(=N)(=O)n1nc(C(F)(F)F)cc1Cl. The quantitative estimate of drug-likeness (QED) is 0.896. The largest absolute Gasteiger partial charge is 0.435 e. The molecule has 0 aliphatic rings. The highest BCUT2D eigenvalue weighted by Crippen LogP contribution is 2.30. The lowest BCUT2D eigenvalue weighted by Gasteiger charge is -2.14. The van der Waals surface area contributed by atoms with Gasteiger partial charge in [0, 0.05) is 20.2 Å². The summed E-state index contributed by atoms with van der Waals surface area (Å²) in [6, 6.07) is 0.527. The second-order valence-electron chi connectivity index (χ2n) is 3.03. The number of aromatic nitrogens is 2. The first-order valence-corrected chi connectivity index (χ1v) is 5.71. The molecule has 92 valence electrons. The summed E-state index contributed by atoms with van der Waals surface area (Å²) < 4.78 is 57.1. The number of hydrogen-bond acceptors (Lipinski definition) is 3. The maximum Gasteiger partial charge on any atom is 0.435 e. The van der Waals surface area contributed by atoms with E-state index in [1.54, 1.807) is 0 Å². The molecule has 0 saturated heterocycles. The third-order valence-electron chi connectivity index (χ3n) is 1.66. The minimum Gasteiger partial charge on any atom is -0.221 e. The Morgan fingerprint density at radius 1 is 1.56 bits per heavy atom. The molecular weight excluding hydrogens is 269 g/mol. The van der Waals surface area contributed by atoms with E-state index in [1.165, 1.54) is 14.1 Å². The zero-order valence-corrected chi connectivity index (χ0v) is 9.82. The van der Waals surface area contributed by atoms with E-state index < -0.39 is 27.1 Å². The predicted molar refractivity (Wildman–Crippen MR) is 52.2 cm³/mol. The Labute approximate surface area is 95.0 Å². The fourth-order valence-corrected chi connectivity index (χ4v) is 2.03. The summed E-state index contributed by atoms with van der Waals surface area (Å²) in [4.78, 5) is 0. The average Bonchev–Trinajstić information content (AvgIpc) is 2.46. The Bertz CT molecular complexity index is 492. The third kappa shape index (κ3) is 2.30. The Kier molecular flexibility index (Phi) is 3.23. The molecule has 0 fully saturated rings. The first kappa shape index (κ1) is 13.3. The molecule has 1 atom stereocenters. The molecule has 1 aromatic heterocycles. The molecule has 0 saturated carbocycles. The van der Waals surface area contributed by atoms with Crippen molar-refractivity contribution in [2.45, 2.75) is 6.18 Å². The van der Waals surface area contributed by atoms with Crippen LogP contribution in [0.4, 0.5) is 13.2 Å². The van der Waals surface area contributed by atoms with Gasteiger partial charge in [-0.3, -0.25) is 0 Å². The van der Waals surface area contributed by atoms with Crippen LogP contribution in [0.25, 0.3) is 0 Å². The molecule has 16 heavy (non-hydrogen) atoms. The fourth-order valence-electron chi connectivity index (χ4n) is 0.809. The molecule has 1 rings (SSSR count). The van der Waals surface area contributed by atoms with Gasteiger partial charge in [-0.25, -0.2) is 13.3 Å². The van der Waals surface area contributed by atoms with Gasteiger partial charge >= 0.3 is 6.18 Å². The van der Waals surface area contributed by atoms with E-state index in [4.69, 9.17) is 16.4 Å². The van der Waals surface area contributed by atoms with Crippen molar-refractivity contribution in [2.75, 3.05) is 14.1 Å². The minimum atomic E-state index is -4.68. The molecule has 0 aromatic carbocycles. The number of nitrogens with one attached hydrogen (secondary N) is 1. The summed E-state index contributed by atoms with van der Waals surface area (Å²) in [7, 11) is -1.08. The van der Waals surface area contributed by atoms with Crippen molar-refractivity contribution >= 4 is 21.7 Å². The monoisotopic (exact) mass is 276 g/mol. The van der Waals surface area contributed by atoms with Crippen molar-refractivity contribution in [3.05, 3.63) is 16.9 Å². The summed E-state index contributed by atoms with van der Waals surface area (Å²) in [5.41, 5.74) is -1.28. The van der Waals surface area contributed by atoms with Crippen LogP contribution in [0.5, 0.6) is 0 Å². The number of halogens is 4. The Balaban J connectivity index is 3.34. The Hall–Kier alpha value is -0.800. The highest BCUT2D eigenvalue weighted by atomic mass is 35.5. The smallest absolute Gasteiger partial charge is 0.221 e. The second-order valence-corrected chi connectivity index (χ2v) is 5.49. The summed E-state index contributed by atoms with van der Waals surface area (Å²) in [6.07, 6.45) is -4.68. The van der Waals surface area contributed by atoms with Crippen LogP contribution < -0.4 is 0 Å². The molecular formula is C6H8ClF3N4OS. The van der Waals surface area contributed by atoms with E-state index in [1.807, 2.05) is 0 Å². The highest BCUT2D eigenvalue weighted by molar-refractivity contribution is 7.88. The van der Waals surface area contributed by atoms with Crippen LogP contribution in [-0.4, -0.2) is 31.8 Å². The zero-order valence-electron chi connectivity index (χ0n) is 8.25. The maximum absolute atomic E-state index is 12.3. The van der Waals surface area contributed by atoms with E-state index in [0.717, 1.165) is 4.31 Å². The molecule has 5 nitrogen and oxygen atoms in total. The van der Waals surface area contributed by atoms with Gasteiger partial charge < -0.3 is 0 Å². The van der Waals surface area contributed by atoms with Crippen molar-refractivity contribution in [1.82, 2.24) is 13.5 Å². The lowest BCUT2D eigenvalue weighted by Crippen LogP contribution is -2.28. The Morgan fingerprint density at radius 2 is 2.06 bits per heavy atom.